The van der Waals surface area contributed by atoms with Crippen LogP contribution in [0.15, 0.2) is 36.4 Å². The van der Waals surface area contributed by atoms with E-state index in [2.05, 4.69) is 15.7 Å². The number of fused-ring (bicyclic) bond motifs is 1. The Hall–Kier alpha value is -3.16. The van der Waals surface area contributed by atoms with Gasteiger partial charge < -0.3 is 15.5 Å². The van der Waals surface area contributed by atoms with Crippen LogP contribution in [0.4, 0.5) is 0 Å². The fourth-order valence-corrected chi connectivity index (χ4v) is 3.29. The van der Waals surface area contributed by atoms with Gasteiger partial charge in [0.15, 0.2) is 5.69 Å². The van der Waals surface area contributed by atoms with Gasteiger partial charge in [-0.1, -0.05) is 30.3 Å². The highest BCUT2D eigenvalue weighted by atomic mass is 16.2. The van der Waals surface area contributed by atoms with Crippen LogP contribution in [0.25, 0.3) is 0 Å². The SMILES string of the molecule is CN1C(=O)c2cc(C(=O)NC3CC3)nn2C[C@@]1(C)C(=O)NCc1ccccc1. The first-order chi connectivity index (χ1) is 13.4. The van der Waals surface area contributed by atoms with Crippen molar-refractivity contribution in [2.24, 2.45) is 0 Å². The lowest BCUT2D eigenvalue weighted by Crippen LogP contribution is -2.62. The molecular formula is C20H23N5O3. The van der Waals surface area contributed by atoms with Crippen LogP contribution in [0.2, 0.25) is 0 Å². The fourth-order valence-electron chi connectivity index (χ4n) is 3.29. The van der Waals surface area contributed by atoms with Crippen LogP contribution in [0.1, 0.15) is 46.3 Å². The molecule has 4 rings (SSSR count). The van der Waals surface area contributed by atoms with Crippen molar-refractivity contribution in [3.8, 4) is 0 Å². The number of carbonyl (C=O) groups is 3. The number of amides is 3. The number of nitrogens with zero attached hydrogens (tertiary/aromatic N) is 3. The van der Waals surface area contributed by atoms with Crippen LogP contribution in [-0.2, 0) is 17.9 Å². The normalized spacial score (nSPS) is 21.2. The number of benzene rings is 1. The van der Waals surface area contributed by atoms with Crippen molar-refractivity contribution in [1.82, 2.24) is 25.3 Å². The van der Waals surface area contributed by atoms with Crippen LogP contribution in [0.5, 0.6) is 0 Å². The second-order valence-electron chi connectivity index (χ2n) is 7.63. The molecular weight excluding hydrogens is 358 g/mol. The molecule has 1 atom stereocenters. The number of rotatable bonds is 5. The average Bonchev–Trinajstić information content (AvgIpc) is 3.41. The molecule has 8 heteroatoms. The number of aromatic nitrogens is 2. The monoisotopic (exact) mass is 381 g/mol. The number of nitrogens with one attached hydrogen (secondary N) is 2. The lowest BCUT2D eigenvalue weighted by atomic mass is 9.96. The molecule has 3 amide bonds. The van der Waals surface area contributed by atoms with Crippen LogP contribution in [0, 0.1) is 0 Å². The molecule has 1 aliphatic carbocycles. The molecule has 0 unspecified atom stereocenters. The molecule has 1 aromatic heterocycles. The topological polar surface area (TPSA) is 96.3 Å². The molecule has 1 saturated carbocycles. The number of hydrogen-bond acceptors (Lipinski definition) is 4. The summed E-state index contributed by atoms with van der Waals surface area (Å²) in [6, 6.07) is 11.3. The minimum Gasteiger partial charge on any atom is -0.350 e. The Kier molecular flexibility index (Phi) is 4.41. The van der Waals surface area contributed by atoms with Gasteiger partial charge in [-0.2, -0.15) is 5.10 Å². The van der Waals surface area contributed by atoms with E-state index in [1.54, 1.807) is 14.0 Å². The van der Waals surface area contributed by atoms with Crippen molar-refractivity contribution in [2.75, 3.05) is 7.05 Å². The predicted molar refractivity (Wildman–Crippen MR) is 102 cm³/mol. The van der Waals surface area contributed by atoms with Crippen molar-refractivity contribution in [3.63, 3.8) is 0 Å². The molecule has 146 valence electrons. The molecule has 2 N–H and O–H groups in total. The Bertz CT molecular complexity index is 935. The van der Waals surface area contributed by atoms with E-state index >= 15 is 0 Å². The summed E-state index contributed by atoms with van der Waals surface area (Å²) in [6.07, 6.45) is 1.95. The lowest BCUT2D eigenvalue weighted by Gasteiger charge is -2.40. The molecule has 0 saturated heterocycles. The predicted octanol–water partition coefficient (Wildman–Crippen LogP) is 0.936. The van der Waals surface area contributed by atoms with Crippen LogP contribution >= 0.6 is 0 Å². The summed E-state index contributed by atoms with van der Waals surface area (Å²) in [4.78, 5) is 39.5. The third-order valence-corrected chi connectivity index (χ3v) is 5.43. The van der Waals surface area contributed by atoms with Gasteiger partial charge in [0, 0.05) is 25.7 Å². The van der Waals surface area contributed by atoms with E-state index in [4.69, 9.17) is 0 Å². The third-order valence-electron chi connectivity index (χ3n) is 5.43. The lowest BCUT2D eigenvalue weighted by molar-refractivity contribution is -0.132. The smallest absolute Gasteiger partial charge is 0.272 e. The maximum absolute atomic E-state index is 12.9. The van der Waals surface area contributed by atoms with Crippen molar-refractivity contribution >= 4 is 17.7 Å². The molecule has 1 aromatic carbocycles. The summed E-state index contributed by atoms with van der Waals surface area (Å²) < 4.78 is 1.46. The van der Waals surface area contributed by atoms with E-state index in [0.29, 0.717) is 12.2 Å². The second kappa shape index (κ2) is 6.78. The molecule has 28 heavy (non-hydrogen) atoms. The first-order valence-corrected chi connectivity index (χ1v) is 9.37. The van der Waals surface area contributed by atoms with Gasteiger partial charge in [0.05, 0.1) is 6.54 Å². The van der Waals surface area contributed by atoms with E-state index in [9.17, 15) is 14.4 Å². The van der Waals surface area contributed by atoms with Crippen molar-refractivity contribution < 1.29 is 14.4 Å². The van der Waals surface area contributed by atoms with Gasteiger partial charge in [-0.15, -0.1) is 0 Å². The molecule has 0 radical (unpaired) electrons. The van der Waals surface area contributed by atoms with Gasteiger partial charge >= 0.3 is 0 Å². The van der Waals surface area contributed by atoms with E-state index in [-0.39, 0.29) is 36.0 Å². The summed E-state index contributed by atoms with van der Waals surface area (Å²) in [7, 11) is 1.60. The molecule has 2 heterocycles. The summed E-state index contributed by atoms with van der Waals surface area (Å²) >= 11 is 0. The molecule has 1 aliphatic heterocycles. The van der Waals surface area contributed by atoms with Gasteiger partial charge in [0.2, 0.25) is 5.91 Å². The minimum atomic E-state index is -1.10. The van der Waals surface area contributed by atoms with Gasteiger partial charge in [0.1, 0.15) is 11.2 Å². The van der Waals surface area contributed by atoms with Crippen LogP contribution < -0.4 is 10.6 Å². The number of likely N-dealkylation sites (N-methyl/N-ethyl adjacent to an activating group) is 1. The van der Waals surface area contributed by atoms with Gasteiger partial charge in [-0.25, -0.2) is 0 Å². The maximum Gasteiger partial charge on any atom is 0.272 e. The summed E-state index contributed by atoms with van der Waals surface area (Å²) in [5.41, 5.74) is 0.396. The van der Waals surface area contributed by atoms with Gasteiger partial charge in [0.25, 0.3) is 11.8 Å². The fraction of sp³-hybridized carbons (Fsp3) is 0.400. The summed E-state index contributed by atoms with van der Waals surface area (Å²) in [6.45, 7) is 2.26. The zero-order chi connectivity index (χ0) is 19.9. The average molecular weight is 381 g/mol. The van der Waals surface area contributed by atoms with Crippen LogP contribution in [0.3, 0.4) is 0 Å². The molecule has 1 fully saturated rings. The highest BCUT2D eigenvalue weighted by molar-refractivity contribution is 6.01. The largest absolute Gasteiger partial charge is 0.350 e. The third kappa shape index (κ3) is 3.26. The van der Waals surface area contributed by atoms with Crippen molar-refractivity contribution in [2.45, 2.75) is 44.4 Å². The molecule has 8 nitrogen and oxygen atoms in total. The number of carbonyl (C=O) groups excluding carboxylic acids is 3. The van der Waals surface area contributed by atoms with E-state index in [1.807, 2.05) is 30.3 Å². The first kappa shape index (κ1) is 18.2. The van der Waals surface area contributed by atoms with Gasteiger partial charge in [-0.05, 0) is 25.3 Å². The molecule has 0 bridgehead atoms. The molecule has 2 aliphatic rings. The second-order valence-corrected chi connectivity index (χ2v) is 7.63. The highest BCUT2D eigenvalue weighted by Crippen LogP contribution is 2.26. The van der Waals surface area contributed by atoms with Crippen molar-refractivity contribution in [3.05, 3.63) is 53.3 Å². The zero-order valence-corrected chi connectivity index (χ0v) is 15.9. The first-order valence-electron chi connectivity index (χ1n) is 9.37. The zero-order valence-electron chi connectivity index (χ0n) is 15.9. The Balaban J connectivity index is 1.52. The van der Waals surface area contributed by atoms with Crippen LogP contribution in [-0.4, -0.2) is 51.0 Å². The Morgan fingerprint density at radius 3 is 2.64 bits per heavy atom. The highest BCUT2D eigenvalue weighted by Gasteiger charge is 2.46. The summed E-state index contributed by atoms with van der Waals surface area (Å²) in [5, 5.41) is 10.1. The number of hydrogen-bond donors (Lipinski definition) is 2. The van der Waals surface area contributed by atoms with E-state index < -0.39 is 5.54 Å². The molecule has 0 spiro atoms. The standard InChI is InChI=1S/C20H23N5O3/c1-20(19(28)21-11-13-6-4-3-5-7-13)12-25-16(18(27)24(20)2)10-15(23-25)17(26)22-14-8-9-14/h3-7,10,14H,8-9,11-12H2,1-2H3,(H,21,28)(H,22,26)/t20-/m0/s1. The van der Waals surface area contributed by atoms with E-state index in [0.717, 1.165) is 18.4 Å². The van der Waals surface area contributed by atoms with E-state index in [1.165, 1.54) is 15.6 Å². The Labute approximate surface area is 162 Å². The summed E-state index contributed by atoms with van der Waals surface area (Å²) in [5.74, 6) is -0.881. The Morgan fingerprint density at radius 2 is 1.96 bits per heavy atom. The van der Waals surface area contributed by atoms with Gasteiger partial charge in [-0.3, -0.25) is 19.1 Å². The molecule has 2 aromatic rings. The maximum atomic E-state index is 12.9. The quantitative estimate of drug-likeness (QED) is 0.806. The Morgan fingerprint density at radius 1 is 1.25 bits per heavy atom. The minimum absolute atomic E-state index is 0.182. The van der Waals surface area contributed by atoms with Crippen molar-refractivity contribution in [1.29, 1.82) is 0 Å².